The molecule has 0 atom stereocenters. The second-order valence-corrected chi connectivity index (χ2v) is 9.48. The molecule has 0 amide bonds. The van der Waals surface area contributed by atoms with Gasteiger partial charge in [0, 0.05) is 11.6 Å². The SMILES string of the molecule is CC(=O)[CH-]C(=O)c1ccccc1.CC(=O)[CH-]C(=O)c1ccccc1.[O-]Cc1cccs1.[O-]Cc1cccs1.[Ti+4]. The molecule has 6 nitrogen and oxygen atoms in total. The fraction of sp³-hybridized carbons (Fsp3) is 0.133. The van der Waals surface area contributed by atoms with Gasteiger partial charge in [0.1, 0.15) is 0 Å². The number of benzene rings is 2. The van der Waals surface area contributed by atoms with Crippen LogP contribution in [-0.2, 0) is 44.5 Å². The molecule has 0 N–H and O–H groups in total. The Hall–Kier alpha value is -3.11. The summed E-state index contributed by atoms with van der Waals surface area (Å²) in [6.45, 7) is 2.58. The Morgan fingerprint density at radius 3 is 1.13 bits per heavy atom. The van der Waals surface area contributed by atoms with Crippen molar-refractivity contribution in [2.45, 2.75) is 27.1 Å². The van der Waals surface area contributed by atoms with Gasteiger partial charge < -0.3 is 29.4 Å². The van der Waals surface area contributed by atoms with Crippen molar-refractivity contribution < 1.29 is 51.1 Å². The molecule has 0 saturated carbocycles. The molecule has 2 aromatic carbocycles. The summed E-state index contributed by atoms with van der Waals surface area (Å²) >= 11 is 3.02. The molecule has 4 rings (SSSR count). The van der Waals surface area contributed by atoms with Crippen LogP contribution in [0.2, 0.25) is 0 Å². The second-order valence-electron chi connectivity index (χ2n) is 7.42. The Kier molecular flexibility index (Phi) is 20.1. The Bertz CT molecular complexity index is 1110. The number of ketones is 4. The molecule has 0 aliphatic heterocycles. The summed E-state index contributed by atoms with van der Waals surface area (Å²) in [5.74, 6) is -0.904. The number of hydrogen-bond donors (Lipinski definition) is 0. The third-order valence-electron chi connectivity index (χ3n) is 4.23. The van der Waals surface area contributed by atoms with Crippen molar-refractivity contribution in [2.75, 3.05) is 0 Å². The van der Waals surface area contributed by atoms with E-state index in [1.54, 1.807) is 48.5 Å². The van der Waals surface area contributed by atoms with E-state index in [0.29, 0.717) is 11.1 Å². The van der Waals surface area contributed by atoms with E-state index < -0.39 is 0 Å². The molecule has 9 heteroatoms. The molecular weight excluding hydrogens is 568 g/mol. The van der Waals surface area contributed by atoms with Gasteiger partial charge in [0.25, 0.3) is 0 Å². The van der Waals surface area contributed by atoms with Crippen LogP contribution in [0.4, 0.5) is 0 Å². The zero-order valence-corrected chi connectivity index (χ0v) is 24.8. The topological polar surface area (TPSA) is 114 Å². The minimum Gasteiger partial charge on any atom is -0.850 e. The zero-order valence-electron chi connectivity index (χ0n) is 21.6. The van der Waals surface area contributed by atoms with Crippen molar-refractivity contribution in [3.63, 3.8) is 0 Å². The third-order valence-corrected chi connectivity index (χ3v) is 5.93. The van der Waals surface area contributed by atoms with E-state index in [1.165, 1.54) is 36.5 Å². The first-order chi connectivity index (χ1) is 18.3. The van der Waals surface area contributed by atoms with Gasteiger partial charge >= 0.3 is 21.7 Å². The third kappa shape index (κ3) is 17.2. The van der Waals surface area contributed by atoms with Crippen molar-refractivity contribution in [3.8, 4) is 0 Å². The first-order valence-corrected chi connectivity index (χ1v) is 13.1. The fourth-order valence-corrected chi connectivity index (χ4v) is 3.64. The molecular formula is C30H28O6S2Ti. The summed E-state index contributed by atoms with van der Waals surface area (Å²) in [6.07, 6.45) is 2.19. The monoisotopic (exact) mass is 596 g/mol. The average Bonchev–Trinajstić information content (AvgIpc) is 3.65. The van der Waals surface area contributed by atoms with Crippen molar-refractivity contribution >= 4 is 45.8 Å². The molecule has 0 aliphatic rings. The van der Waals surface area contributed by atoms with Crippen molar-refractivity contribution in [1.82, 2.24) is 0 Å². The fourth-order valence-electron chi connectivity index (χ4n) is 2.53. The van der Waals surface area contributed by atoms with Crippen molar-refractivity contribution in [3.05, 3.63) is 129 Å². The standard InChI is InChI=1S/2C10H9O2.2C5H5OS.Ti/c2*1-8(11)7-10(12)9-5-3-2-4-6-9;2*6-4-5-2-1-3-7-5;/h2*2-7H,1H3;2*1-3H,4H2;/q4*-1;+4. The van der Waals surface area contributed by atoms with Crippen LogP contribution >= 0.6 is 22.7 Å². The quantitative estimate of drug-likeness (QED) is 0.128. The average molecular weight is 597 g/mol. The summed E-state index contributed by atoms with van der Waals surface area (Å²) in [6, 6.07) is 24.9. The number of hydrogen-bond acceptors (Lipinski definition) is 8. The van der Waals surface area contributed by atoms with Gasteiger partial charge in [0.05, 0.1) is 11.6 Å². The molecule has 0 spiro atoms. The molecule has 0 radical (unpaired) electrons. The van der Waals surface area contributed by atoms with E-state index in [1.807, 2.05) is 47.2 Å². The maximum absolute atomic E-state index is 11.2. The summed E-state index contributed by atoms with van der Waals surface area (Å²) in [7, 11) is 0. The van der Waals surface area contributed by atoms with Crippen LogP contribution in [0.3, 0.4) is 0 Å². The first-order valence-electron chi connectivity index (χ1n) is 11.4. The van der Waals surface area contributed by atoms with Crippen LogP contribution in [0, 0.1) is 12.8 Å². The molecule has 4 aromatic rings. The largest absolute Gasteiger partial charge is 4.00 e. The normalized spacial score (nSPS) is 8.92. The van der Waals surface area contributed by atoms with Crippen LogP contribution in [0.1, 0.15) is 44.3 Å². The molecule has 2 heterocycles. The van der Waals surface area contributed by atoms with Crippen LogP contribution in [0.25, 0.3) is 0 Å². The van der Waals surface area contributed by atoms with Gasteiger partial charge in [-0.05, 0) is 46.5 Å². The van der Waals surface area contributed by atoms with E-state index in [-0.39, 0.29) is 58.1 Å². The second kappa shape index (κ2) is 21.8. The van der Waals surface area contributed by atoms with Crippen molar-refractivity contribution in [2.24, 2.45) is 0 Å². The number of rotatable bonds is 8. The van der Waals surface area contributed by atoms with Gasteiger partial charge in [0.15, 0.2) is 0 Å². The summed E-state index contributed by atoms with van der Waals surface area (Å²) in [4.78, 5) is 45.3. The Labute approximate surface area is 252 Å². The van der Waals surface area contributed by atoms with Crippen LogP contribution < -0.4 is 10.2 Å². The smallest absolute Gasteiger partial charge is 0.850 e. The van der Waals surface area contributed by atoms with Crippen LogP contribution in [0.15, 0.2) is 95.7 Å². The maximum atomic E-state index is 11.2. The van der Waals surface area contributed by atoms with Gasteiger partial charge in [-0.3, -0.25) is 0 Å². The van der Waals surface area contributed by atoms with Gasteiger partial charge in [0.2, 0.25) is 0 Å². The van der Waals surface area contributed by atoms with E-state index in [2.05, 4.69) is 0 Å². The molecule has 200 valence electrons. The molecule has 2 aromatic heterocycles. The van der Waals surface area contributed by atoms with Gasteiger partial charge in [-0.25, -0.2) is 0 Å². The van der Waals surface area contributed by atoms with Gasteiger partial charge in [-0.2, -0.15) is 22.7 Å². The molecule has 0 aliphatic carbocycles. The van der Waals surface area contributed by atoms with E-state index >= 15 is 0 Å². The minimum absolute atomic E-state index is 0. The number of Topliss-reactive ketones (excluding diaryl/α,β-unsaturated/α-hetero) is 4. The Morgan fingerprint density at radius 2 is 0.923 bits per heavy atom. The maximum Gasteiger partial charge on any atom is 4.00 e. The number of thiophene rings is 2. The molecule has 0 bridgehead atoms. The Balaban J connectivity index is 0.000000504. The summed E-state index contributed by atoms with van der Waals surface area (Å²) in [5, 5.41) is 23.8. The van der Waals surface area contributed by atoms with Gasteiger partial charge in [-0.1, -0.05) is 48.5 Å². The Morgan fingerprint density at radius 1 is 0.590 bits per heavy atom. The molecule has 0 fully saturated rings. The zero-order chi connectivity index (χ0) is 28.2. The van der Waals surface area contributed by atoms with E-state index in [9.17, 15) is 29.4 Å². The van der Waals surface area contributed by atoms with E-state index in [0.717, 1.165) is 22.6 Å². The summed E-state index contributed by atoms with van der Waals surface area (Å²) in [5.41, 5.74) is 1.10. The number of carbonyl (C=O) groups excluding carboxylic acids is 4. The van der Waals surface area contributed by atoms with E-state index in [4.69, 9.17) is 0 Å². The predicted molar refractivity (Wildman–Crippen MR) is 148 cm³/mol. The summed E-state index contributed by atoms with van der Waals surface area (Å²) < 4.78 is 0. The van der Waals surface area contributed by atoms with Crippen LogP contribution in [0.5, 0.6) is 0 Å². The minimum atomic E-state index is -0.233. The first kappa shape index (κ1) is 35.9. The number of carbonyl (C=O) groups is 4. The molecule has 39 heavy (non-hydrogen) atoms. The van der Waals surface area contributed by atoms with Crippen molar-refractivity contribution in [1.29, 1.82) is 0 Å². The predicted octanol–water partition coefficient (Wildman–Crippen LogP) is 4.54. The molecule has 0 saturated heterocycles. The van der Waals surface area contributed by atoms with Crippen LogP contribution in [-0.4, -0.2) is 23.1 Å². The van der Waals surface area contributed by atoms with Gasteiger partial charge in [-0.15, -0.1) is 61.4 Å². The molecule has 0 unspecified atom stereocenters.